The quantitative estimate of drug-likeness (QED) is 0.639. The van der Waals surface area contributed by atoms with Crippen LogP contribution in [0.1, 0.15) is 51.6 Å². The first-order valence-corrected chi connectivity index (χ1v) is 7.50. The van der Waals surface area contributed by atoms with Crippen molar-refractivity contribution in [2.45, 2.75) is 58.4 Å². The maximum atomic E-state index is 11.3. The molecule has 2 N–H and O–H groups in total. The molecule has 1 aliphatic rings. The van der Waals surface area contributed by atoms with Gasteiger partial charge in [0.25, 0.3) is 0 Å². The molecule has 0 unspecified atom stereocenters. The van der Waals surface area contributed by atoms with E-state index in [1.807, 2.05) is 6.92 Å². The minimum absolute atomic E-state index is 0.0246. The van der Waals surface area contributed by atoms with Crippen LogP contribution in [-0.4, -0.2) is 27.0 Å². The first kappa shape index (κ1) is 15.5. The zero-order valence-corrected chi connectivity index (χ0v) is 12.9. The van der Waals surface area contributed by atoms with E-state index in [4.69, 9.17) is 0 Å². The van der Waals surface area contributed by atoms with E-state index in [-0.39, 0.29) is 11.2 Å². The van der Waals surface area contributed by atoms with E-state index in [2.05, 4.69) is 27.5 Å². The molecule has 21 heavy (non-hydrogen) atoms. The van der Waals surface area contributed by atoms with Gasteiger partial charge >= 0.3 is 5.69 Å². The number of aromatic nitrogens is 2. The van der Waals surface area contributed by atoms with Gasteiger partial charge in [-0.05, 0) is 33.6 Å². The van der Waals surface area contributed by atoms with E-state index >= 15 is 0 Å². The van der Waals surface area contributed by atoms with Gasteiger partial charge in [-0.25, -0.2) is 4.98 Å². The van der Waals surface area contributed by atoms with Crippen LogP contribution in [0.4, 0.5) is 17.5 Å². The summed E-state index contributed by atoms with van der Waals surface area (Å²) in [6.45, 7) is 6.37. The molecular formula is C14H23N5O2. The van der Waals surface area contributed by atoms with E-state index in [0.717, 1.165) is 25.7 Å². The molecule has 0 saturated heterocycles. The van der Waals surface area contributed by atoms with Gasteiger partial charge in [0.1, 0.15) is 5.69 Å². The third-order valence-corrected chi connectivity index (χ3v) is 3.95. The Morgan fingerprint density at radius 3 is 2.52 bits per heavy atom. The SMILES string of the molecule is CCNc1nc(C)c([N+](=O)[O-])c(NC2(C)CCCCC2)n1. The predicted octanol–water partition coefficient (Wildman–Crippen LogP) is 3.26. The zero-order valence-electron chi connectivity index (χ0n) is 12.9. The number of rotatable bonds is 5. The molecule has 1 saturated carbocycles. The van der Waals surface area contributed by atoms with Crippen molar-refractivity contribution in [1.82, 2.24) is 9.97 Å². The highest BCUT2D eigenvalue weighted by atomic mass is 16.6. The monoisotopic (exact) mass is 293 g/mol. The molecule has 0 aliphatic heterocycles. The standard InChI is InChI=1S/C14H23N5O2/c1-4-15-13-16-10(2)11(19(20)21)12(17-13)18-14(3)8-6-5-7-9-14/h4-9H2,1-3H3,(H2,15,16,17,18). The Hall–Kier alpha value is -1.92. The van der Waals surface area contributed by atoms with Gasteiger partial charge in [-0.1, -0.05) is 19.3 Å². The summed E-state index contributed by atoms with van der Waals surface area (Å²) >= 11 is 0. The van der Waals surface area contributed by atoms with Gasteiger partial charge in [-0.3, -0.25) is 10.1 Å². The van der Waals surface area contributed by atoms with Gasteiger partial charge in [0.05, 0.1) is 4.92 Å². The van der Waals surface area contributed by atoms with Gasteiger partial charge < -0.3 is 10.6 Å². The van der Waals surface area contributed by atoms with Crippen molar-refractivity contribution in [1.29, 1.82) is 0 Å². The van der Waals surface area contributed by atoms with Crippen LogP contribution in [0, 0.1) is 17.0 Å². The second-order valence-corrected chi connectivity index (χ2v) is 5.86. The molecule has 0 atom stereocenters. The van der Waals surface area contributed by atoms with E-state index in [0.29, 0.717) is 24.0 Å². The van der Waals surface area contributed by atoms with Gasteiger partial charge in [-0.15, -0.1) is 0 Å². The van der Waals surface area contributed by atoms with Crippen LogP contribution in [0.15, 0.2) is 0 Å². The third kappa shape index (κ3) is 3.59. The van der Waals surface area contributed by atoms with Crippen molar-refractivity contribution in [2.24, 2.45) is 0 Å². The first-order valence-electron chi connectivity index (χ1n) is 7.50. The van der Waals surface area contributed by atoms with Crippen LogP contribution < -0.4 is 10.6 Å². The lowest BCUT2D eigenvalue weighted by molar-refractivity contribution is -0.385. The number of hydrogen-bond donors (Lipinski definition) is 2. The molecule has 1 fully saturated rings. The smallest absolute Gasteiger partial charge is 0.332 e. The second-order valence-electron chi connectivity index (χ2n) is 5.86. The Bertz CT molecular complexity index is 526. The highest BCUT2D eigenvalue weighted by molar-refractivity contribution is 5.61. The fourth-order valence-corrected chi connectivity index (χ4v) is 2.85. The van der Waals surface area contributed by atoms with Gasteiger partial charge in [-0.2, -0.15) is 4.98 Å². The fraction of sp³-hybridized carbons (Fsp3) is 0.714. The number of nitrogens with zero attached hydrogens (tertiary/aromatic N) is 3. The molecule has 1 aromatic rings. The molecule has 7 heteroatoms. The Morgan fingerprint density at radius 2 is 1.95 bits per heavy atom. The Labute approximate surface area is 124 Å². The zero-order chi connectivity index (χ0) is 15.5. The van der Waals surface area contributed by atoms with Crippen molar-refractivity contribution in [3.05, 3.63) is 15.8 Å². The van der Waals surface area contributed by atoms with Crippen LogP contribution in [-0.2, 0) is 0 Å². The van der Waals surface area contributed by atoms with E-state index in [9.17, 15) is 10.1 Å². The summed E-state index contributed by atoms with van der Waals surface area (Å²) < 4.78 is 0. The van der Waals surface area contributed by atoms with Crippen LogP contribution >= 0.6 is 0 Å². The lowest BCUT2D eigenvalue weighted by atomic mass is 9.83. The maximum Gasteiger partial charge on any atom is 0.332 e. The van der Waals surface area contributed by atoms with Gasteiger partial charge in [0.15, 0.2) is 0 Å². The summed E-state index contributed by atoms with van der Waals surface area (Å²) in [5.41, 5.74) is 0.226. The lowest BCUT2D eigenvalue weighted by Crippen LogP contribution is -2.37. The molecular weight excluding hydrogens is 270 g/mol. The van der Waals surface area contributed by atoms with Crippen LogP contribution in [0.25, 0.3) is 0 Å². The molecule has 1 aliphatic carbocycles. The summed E-state index contributed by atoms with van der Waals surface area (Å²) in [6.07, 6.45) is 5.52. The van der Waals surface area contributed by atoms with Crippen molar-refractivity contribution in [3.63, 3.8) is 0 Å². The molecule has 2 rings (SSSR count). The number of anilines is 2. The van der Waals surface area contributed by atoms with E-state index in [1.54, 1.807) is 6.92 Å². The number of hydrogen-bond acceptors (Lipinski definition) is 6. The van der Waals surface area contributed by atoms with Crippen molar-refractivity contribution >= 4 is 17.5 Å². The second kappa shape index (κ2) is 6.24. The molecule has 0 bridgehead atoms. The Morgan fingerprint density at radius 1 is 1.29 bits per heavy atom. The van der Waals surface area contributed by atoms with E-state index in [1.165, 1.54) is 6.42 Å². The van der Waals surface area contributed by atoms with Crippen LogP contribution in [0.5, 0.6) is 0 Å². The molecule has 0 spiro atoms. The minimum Gasteiger partial charge on any atom is -0.359 e. The van der Waals surface area contributed by atoms with Crippen LogP contribution in [0.3, 0.4) is 0 Å². The van der Waals surface area contributed by atoms with Crippen molar-refractivity contribution in [3.8, 4) is 0 Å². The van der Waals surface area contributed by atoms with Crippen molar-refractivity contribution < 1.29 is 4.92 Å². The van der Waals surface area contributed by atoms with Gasteiger partial charge in [0, 0.05) is 12.1 Å². The number of nitro groups is 1. The molecule has 7 nitrogen and oxygen atoms in total. The summed E-state index contributed by atoms with van der Waals surface area (Å²) in [5.74, 6) is 0.760. The largest absolute Gasteiger partial charge is 0.359 e. The predicted molar refractivity (Wildman–Crippen MR) is 82.7 cm³/mol. The van der Waals surface area contributed by atoms with Gasteiger partial charge in [0.2, 0.25) is 11.8 Å². The summed E-state index contributed by atoms with van der Waals surface area (Å²) in [7, 11) is 0. The maximum absolute atomic E-state index is 11.3. The highest BCUT2D eigenvalue weighted by Crippen LogP contribution is 2.35. The lowest BCUT2D eigenvalue weighted by Gasteiger charge is -2.34. The molecule has 1 heterocycles. The molecule has 116 valence electrons. The Kier molecular flexibility index (Phi) is 4.59. The minimum atomic E-state index is -0.403. The normalized spacial score (nSPS) is 17.3. The third-order valence-electron chi connectivity index (χ3n) is 3.95. The average Bonchev–Trinajstić information content (AvgIpc) is 2.38. The highest BCUT2D eigenvalue weighted by Gasteiger charge is 2.31. The molecule has 1 aromatic heterocycles. The van der Waals surface area contributed by atoms with Crippen molar-refractivity contribution in [2.75, 3.05) is 17.2 Å². The Balaban J connectivity index is 2.36. The topological polar surface area (TPSA) is 93.0 Å². The average molecular weight is 293 g/mol. The molecule has 0 radical (unpaired) electrons. The van der Waals surface area contributed by atoms with E-state index < -0.39 is 4.92 Å². The summed E-state index contributed by atoms with van der Waals surface area (Å²) in [6, 6.07) is 0. The summed E-state index contributed by atoms with van der Waals surface area (Å²) in [5, 5.41) is 17.7. The molecule has 0 aromatic carbocycles. The first-order chi connectivity index (χ1) is 9.95. The number of nitrogens with one attached hydrogen (secondary N) is 2. The molecule has 0 amide bonds. The van der Waals surface area contributed by atoms with Crippen LogP contribution in [0.2, 0.25) is 0 Å². The summed E-state index contributed by atoms with van der Waals surface area (Å²) in [4.78, 5) is 19.4. The fourth-order valence-electron chi connectivity index (χ4n) is 2.85. The number of aryl methyl sites for hydroxylation is 1.